The molecular weight excluding hydrogens is 210 g/mol. The Labute approximate surface area is 94.8 Å². The van der Waals surface area contributed by atoms with Crippen molar-refractivity contribution in [1.29, 1.82) is 0 Å². The Morgan fingerprint density at radius 2 is 2.07 bits per heavy atom. The van der Waals surface area contributed by atoms with Crippen molar-refractivity contribution in [2.75, 3.05) is 10.8 Å². The zero-order valence-corrected chi connectivity index (χ0v) is 9.50. The Kier molecular flexibility index (Phi) is 2.96. The summed E-state index contributed by atoms with van der Waals surface area (Å²) >= 11 is 5.86. The summed E-state index contributed by atoms with van der Waals surface area (Å²) in [5.74, 6) is 0.698. The van der Waals surface area contributed by atoms with E-state index in [2.05, 4.69) is 0 Å². The third kappa shape index (κ3) is 2.00. The van der Waals surface area contributed by atoms with E-state index in [4.69, 9.17) is 11.6 Å². The first-order valence-corrected chi connectivity index (χ1v) is 5.70. The molecule has 0 aliphatic carbocycles. The average molecular weight is 224 g/mol. The molecule has 1 atom stereocenters. The third-order valence-electron chi connectivity index (χ3n) is 2.82. The third-order valence-corrected chi connectivity index (χ3v) is 3.17. The van der Waals surface area contributed by atoms with E-state index in [-0.39, 0.29) is 11.9 Å². The van der Waals surface area contributed by atoms with Crippen LogP contribution in [-0.4, -0.2) is 17.8 Å². The second-order valence-electron chi connectivity index (χ2n) is 3.95. The summed E-state index contributed by atoms with van der Waals surface area (Å²) in [5, 5.41) is 0. The largest absolute Gasteiger partial charge is 0.308 e. The number of rotatable bonds is 2. The van der Waals surface area contributed by atoms with Gasteiger partial charge in [0.05, 0.1) is 6.04 Å². The van der Waals surface area contributed by atoms with E-state index in [0.717, 1.165) is 12.1 Å². The van der Waals surface area contributed by atoms with Crippen LogP contribution >= 0.6 is 11.6 Å². The Hall–Kier alpha value is -1.02. The second-order valence-corrected chi connectivity index (χ2v) is 4.25. The molecule has 15 heavy (non-hydrogen) atoms. The van der Waals surface area contributed by atoms with Gasteiger partial charge in [0.25, 0.3) is 0 Å². The van der Waals surface area contributed by atoms with E-state index in [0.29, 0.717) is 12.3 Å². The summed E-state index contributed by atoms with van der Waals surface area (Å²) in [7, 11) is 0. The molecule has 1 amide bonds. The molecule has 1 heterocycles. The maximum Gasteiger partial charge on any atom is 0.227 e. The number of benzene rings is 1. The summed E-state index contributed by atoms with van der Waals surface area (Å²) in [6.45, 7) is 2.04. The molecule has 0 spiro atoms. The zero-order valence-electron chi connectivity index (χ0n) is 8.74. The molecule has 0 saturated carbocycles. The molecule has 2 rings (SSSR count). The van der Waals surface area contributed by atoms with Crippen molar-refractivity contribution in [2.45, 2.75) is 25.8 Å². The standard InChI is InChI=1S/C12H14ClNO/c1-9-2-4-10(5-3-9)14-11(8-13)6-7-12(14)15/h2-5,11H,6-8H2,1H3. The van der Waals surface area contributed by atoms with Crippen LogP contribution in [0.1, 0.15) is 18.4 Å². The number of hydrogen-bond acceptors (Lipinski definition) is 1. The van der Waals surface area contributed by atoms with Gasteiger partial charge in [-0.15, -0.1) is 11.6 Å². The van der Waals surface area contributed by atoms with Crippen molar-refractivity contribution in [3.05, 3.63) is 29.8 Å². The molecular formula is C12H14ClNO. The molecule has 1 fully saturated rings. The van der Waals surface area contributed by atoms with E-state index < -0.39 is 0 Å². The van der Waals surface area contributed by atoms with Gasteiger partial charge in [-0.25, -0.2) is 0 Å². The van der Waals surface area contributed by atoms with Crippen LogP contribution < -0.4 is 4.90 Å². The minimum atomic E-state index is 0.168. The number of hydrogen-bond donors (Lipinski definition) is 0. The fourth-order valence-electron chi connectivity index (χ4n) is 1.95. The fourth-order valence-corrected chi connectivity index (χ4v) is 2.24. The van der Waals surface area contributed by atoms with Crippen LogP contribution in [0.4, 0.5) is 5.69 Å². The van der Waals surface area contributed by atoms with Crippen molar-refractivity contribution in [3.63, 3.8) is 0 Å². The van der Waals surface area contributed by atoms with Crippen molar-refractivity contribution in [3.8, 4) is 0 Å². The van der Waals surface area contributed by atoms with Crippen molar-refractivity contribution in [1.82, 2.24) is 0 Å². The molecule has 1 aliphatic rings. The predicted molar refractivity (Wildman–Crippen MR) is 62.4 cm³/mol. The first-order chi connectivity index (χ1) is 7.22. The zero-order chi connectivity index (χ0) is 10.8. The number of anilines is 1. The molecule has 0 bridgehead atoms. The van der Waals surface area contributed by atoms with E-state index in [1.807, 2.05) is 36.1 Å². The first kappa shape index (κ1) is 10.5. The van der Waals surface area contributed by atoms with Crippen LogP contribution in [0, 0.1) is 6.92 Å². The lowest BCUT2D eigenvalue weighted by atomic mass is 10.2. The molecule has 1 unspecified atom stereocenters. The number of carbonyl (C=O) groups excluding carboxylic acids is 1. The Morgan fingerprint density at radius 3 is 2.67 bits per heavy atom. The molecule has 2 nitrogen and oxygen atoms in total. The van der Waals surface area contributed by atoms with Gasteiger partial charge < -0.3 is 4.90 Å². The van der Waals surface area contributed by atoms with Crippen molar-refractivity contribution in [2.24, 2.45) is 0 Å². The predicted octanol–water partition coefficient (Wildman–Crippen LogP) is 2.73. The van der Waals surface area contributed by atoms with Crippen LogP contribution in [0.15, 0.2) is 24.3 Å². The molecule has 0 aromatic heterocycles. The lowest BCUT2D eigenvalue weighted by Gasteiger charge is -2.23. The number of carbonyl (C=O) groups is 1. The summed E-state index contributed by atoms with van der Waals surface area (Å²) in [5.41, 5.74) is 2.17. The molecule has 1 saturated heterocycles. The van der Waals surface area contributed by atoms with E-state index in [9.17, 15) is 4.79 Å². The lowest BCUT2D eigenvalue weighted by Crippen LogP contribution is -2.33. The van der Waals surface area contributed by atoms with Gasteiger partial charge >= 0.3 is 0 Å². The van der Waals surface area contributed by atoms with Crippen LogP contribution in [-0.2, 0) is 4.79 Å². The van der Waals surface area contributed by atoms with Crippen LogP contribution in [0.5, 0.6) is 0 Å². The van der Waals surface area contributed by atoms with Crippen LogP contribution in [0.25, 0.3) is 0 Å². The SMILES string of the molecule is Cc1ccc(N2C(=O)CCC2CCl)cc1. The number of nitrogens with zero attached hydrogens (tertiary/aromatic N) is 1. The minimum Gasteiger partial charge on any atom is -0.308 e. The highest BCUT2D eigenvalue weighted by Crippen LogP contribution is 2.27. The molecule has 1 aromatic rings. The Morgan fingerprint density at radius 1 is 1.40 bits per heavy atom. The molecule has 1 aliphatic heterocycles. The second kappa shape index (κ2) is 4.23. The summed E-state index contributed by atoms with van der Waals surface area (Å²) in [4.78, 5) is 13.5. The highest BCUT2D eigenvalue weighted by atomic mass is 35.5. The van der Waals surface area contributed by atoms with Gasteiger partial charge in [-0.1, -0.05) is 17.7 Å². The van der Waals surface area contributed by atoms with Gasteiger partial charge in [-0.05, 0) is 25.5 Å². The molecule has 1 aromatic carbocycles. The van der Waals surface area contributed by atoms with E-state index in [1.54, 1.807) is 0 Å². The van der Waals surface area contributed by atoms with E-state index in [1.165, 1.54) is 5.56 Å². The number of halogens is 1. The average Bonchev–Trinajstić information content (AvgIpc) is 2.61. The molecule has 3 heteroatoms. The first-order valence-electron chi connectivity index (χ1n) is 5.17. The Bertz CT molecular complexity index is 360. The molecule has 0 radical (unpaired) electrons. The molecule has 80 valence electrons. The number of amides is 1. The van der Waals surface area contributed by atoms with Crippen LogP contribution in [0.2, 0.25) is 0 Å². The normalized spacial score (nSPS) is 21.1. The Balaban J connectivity index is 2.28. The van der Waals surface area contributed by atoms with Gasteiger partial charge in [-0.2, -0.15) is 0 Å². The molecule has 0 N–H and O–H groups in total. The highest BCUT2D eigenvalue weighted by Gasteiger charge is 2.31. The fraction of sp³-hybridized carbons (Fsp3) is 0.417. The maximum absolute atomic E-state index is 11.7. The number of alkyl halides is 1. The lowest BCUT2D eigenvalue weighted by molar-refractivity contribution is -0.117. The maximum atomic E-state index is 11.7. The summed E-state index contributed by atoms with van der Waals surface area (Å²) in [6, 6.07) is 8.18. The van der Waals surface area contributed by atoms with Gasteiger partial charge in [0.2, 0.25) is 5.91 Å². The van der Waals surface area contributed by atoms with Gasteiger partial charge in [0.1, 0.15) is 0 Å². The highest BCUT2D eigenvalue weighted by molar-refractivity contribution is 6.19. The number of aryl methyl sites for hydroxylation is 1. The van der Waals surface area contributed by atoms with Crippen LogP contribution in [0.3, 0.4) is 0 Å². The minimum absolute atomic E-state index is 0.168. The monoisotopic (exact) mass is 223 g/mol. The summed E-state index contributed by atoms with van der Waals surface area (Å²) < 4.78 is 0. The smallest absolute Gasteiger partial charge is 0.227 e. The van der Waals surface area contributed by atoms with E-state index >= 15 is 0 Å². The van der Waals surface area contributed by atoms with Gasteiger partial charge in [-0.3, -0.25) is 4.79 Å². The van der Waals surface area contributed by atoms with Gasteiger partial charge in [0.15, 0.2) is 0 Å². The quantitative estimate of drug-likeness (QED) is 0.706. The van der Waals surface area contributed by atoms with Crippen molar-refractivity contribution < 1.29 is 4.79 Å². The van der Waals surface area contributed by atoms with Crippen molar-refractivity contribution >= 4 is 23.2 Å². The van der Waals surface area contributed by atoms with Gasteiger partial charge in [0, 0.05) is 18.0 Å². The summed E-state index contributed by atoms with van der Waals surface area (Å²) in [6.07, 6.45) is 1.49. The topological polar surface area (TPSA) is 20.3 Å².